The van der Waals surface area contributed by atoms with E-state index in [9.17, 15) is 0 Å². The SMILES string of the molecule is CCNCCc1ccccc1COc1ccccc1OC. The van der Waals surface area contributed by atoms with Crippen LogP contribution >= 0.6 is 0 Å². The van der Waals surface area contributed by atoms with Crippen LogP contribution in [-0.4, -0.2) is 20.2 Å². The van der Waals surface area contributed by atoms with Crippen LogP contribution in [0, 0.1) is 0 Å². The molecule has 2 rings (SSSR count). The molecule has 0 bridgehead atoms. The maximum atomic E-state index is 5.92. The predicted molar refractivity (Wildman–Crippen MR) is 86.0 cm³/mol. The molecule has 0 saturated heterocycles. The van der Waals surface area contributed by atoms with Gasteiger partial charge in [-0.2, -0.15) is 0 Å². The Kier molecular flexibility index (Phi) is 6.10. The monoisotopic (exact) mass is 285 g/mol. The molecule has 3 heteroatoms. The molecule has 0 fully saturated rings. The highest BCUT2D eigenvalue weighted by atomic mass is 16.5. The van der Waals surface area contributed by atoms with Crippen LogP contribution in [0.3, 0.4) is 0 Å². The smallest absolute Gasteiger partial charge is 0.161 e. The van der Waals surface area contributed by atoms with Gasteiger partial charge in [0.25, 0.3) is 0 Å². The summed E-state index contributed by atoms with van der Waals surface area (Å²) in [5.41, 5.74) is 2.55. The summed E-state index contributed by atoms with van der Waals surface area (Å²) >= 11 is 0. The fraction of sp³-hybridized carbons (Fsp3) is 0.333. The van der Waals surface area contributed by atoms with Crippen LogP contribution in [0.25, 0.3) is 0 Å². The minimum atomic E-state index is 0.558. The van der Waals surface area contributed by atoms with Crippen molar-refractivity contribution in [1.29, 1.82) is 0 Å². The van der Waals surface area contributed by atoms with Gasteiger partial charge in [-0.25, -0.2) is 0 Å². The Morgan fingerprint density at radius 1 is 0.905 bits per heavy atom. The molecule has 0 heterocycles. The van der Waals surface area contributed by atoms with Crippen LogP contribution in [0.2, 0.25) is 0 Å². The van der Waals surface area contributed by atoms with Crippen molar-refractivity contribution in [2.45, 2.75) is 20.0 Å². The van der Waals surface area contributed by atoms with Gasteiger partial charge in [-0.1, -0.05) is 43.3 Å². The van der Waals surface area contributed by atoms with Crippen molar-refractivity contribution in [3.05, 3.63) is 59.7 Å². The first-order valence-corrected chi connectivity index (χ1v) is 7.38. The summed E-state index contributed by atoms with van der Waals surface area (Å²) in [6.45, 7) is 4.67. The number of para-hydroxylation sites is 2. The molecule has 112 valence electrons. The lowest BCUT2D eigenvalue weighted by Crippen LogP contribution is -2.17. The molecule has 0 atom stereocenters. The molecule has 0 unspecified atom stereocenters. The van der Waals surface area contributed by atoms with Crippen LogP contribution in [0.15, 0.2) is 48.5 Å². The molecule has 1 N–H and O–H groups in total. The van der Waals surface area contributed by atoms with Crippen molar-refractivity contribution in [2.75, 3.05) is 20.2 Å². The first kappa shape index (κ1) is 15.4. The molecule has 0 amide bonds. The molecule has 0 radical (unpaired) electrons. The Bertz CT molecular complexity index is 554. The van der Waals surface area contributed by atoms with Gasteiger partial charge in [0.2, 0.25) is 0 Å². The summed E-state index contributed by atoms with van der Waals surface area (Å²) in [5.74, 6) is 1.55. The number of likely N-dealkylation sites (N-methyl/N-ethyl adjacent to an activating group) is 1. The van der Waals surface area contributed by atoms with Crippen LogP contribution in [0.4, 0.5) is 0 Å². The van der Waals surface area contributed by atoms with E-state index in [1.54, 1.807) is 7.11 Å². The summed E-state index contributed by atoms with van der Waals surface area (Å²) < 4.78 is 11.2. The van der Waals surface area contributed by atoms with E-state index in [-0.39, 0.29) is 0 Å². The molecule has 0 saturated carbocycles. The van der Waals surface area contributed by atoms with Gasteiger partial charge in [-0.3, -0.25) is 0 Å². The maximum absolute atomic E-state index is 5.92. The fourth-order valence-corrected chi connectivity index (χ4v) is 2.24. The topological polar surface area (TPSA) is 30.5 Å². The molecule has 2 aromatic rings. The first-order chi connectivity index (χ1) is 10.3. The lowest BCUT2D eigenvalue weighted by atomic mass is 10.1. The van der Waals surface area contributed by atoms with E-state index < -0.39 is 0 Å². The molecule has 3 nitrogen and oxygen atoms in total. The minimum Gasteiger partial charge on any atom is -0.493 e. The number of ether oxygens (including phenoxy) is 2. The number of rotatable bonds is 8. The molecule has 0 aliphatic carbocycles. The minimum absolute atomic E-state index is 0.558. The van der Waals surface area contributed by atoms with E-state index in [0.29, 0.717) is 6.61 Å². The summed E-state index contributed by atoms with van der Waals surface area (Å²) in [5, 5.41) is 3.36. The van der Waals surface area contributed by atoms with Crippen molar-refractivity contribution in [2.24, 2.45) is 0 Å². The Morgan fingerprint density at radius 3 is 2.29 bits per heavy atom. The number of benzene rings is 2. The first-order valence-electron chi connectivity index (χ1n) is 7.38. The Hall–Kier alpha value is -2.00. The van der Waals surface area contributed by atoms with E-state index >= 15 is 0 Å². The highest BCUT2D eigenvalue weighted by molar-refractivity contribution is 5.39. The van der Waals surface area contributed by atoms with E-state index in [4.69, 9.17) is 9.47 Å². The number of hydrogen-bond acceptors (Lipinski definition) is 3. The average molecular weight is 285 g/mol. The van der Waals surface area contributed by atoms with Crippen molar-refractivity contribution >= 4 is 0 Å². The van der Waals surface area contributed by atoms with E-state index in [2.05, 4.69) is 36.5 Å². The standard InChI is InChI=1S/C18H23NO2/c1-3-19-13-12-15-8-4-5-9-16(15)14-21-18-11-7-6-10-17(18)20-2/h4-11,19H,3,12-14H2,1-2H3. The molecular formula is C18H23NO2. The second-order valence-electron chi connectivity index (χ2n) is 4.81. The van der Waals surface area contributed by atoms with Crippen molar-refractivity contribution in [3.8, 4) is 11.5 Å². The zero-order valence-electron chi connectivity index (χ0n) is 12.8. The van der Waals surface area contributed by atoms with Gasteiger partial charge in [0, 0.05) is 0 Å². The Balaban J connectivity index is 2.02. The summed E-state index contributed by atoms with van der Waals surface area (Å²) in [6, 6.07) is 16.2. The van der Waals surface area contributed by atoms with Crippen LogP contribution in [0.5, 0.6) is 11.5 Å². The van der Waals surface area contributed by atoms with Crippen molar-refractivity contribution < 1.29 is 9.47 Å². The zero-order chi connectivity index (χ0) is 14.9. The molecular weight excluding hydrogens is 262 g/mol. The lowest BCUT2D eigenvalue weighted by molar-refractivity contribution is 0.283. The van der Waals surface area contributed by atoms with Gasteiger partial charge < -0.3 is 14.8 Å². The van der Waals surface area contributed by atoms with Crippen LogP contribution in [-0.2, 0) is 13.0 Å². The molecule has 0 aliphatic rings. The van der Waals surface area contributed by atoms with Crippen LogP contribution in [0.1, 0.15) is 18.1 Å². The van der Waals surface area contributed by atoms with Crippen molar-refractivity contribution in [1.82, 2.24) is 5.32 Å². The van der Waals surface area contributed by atoms with Gasteiger partial charge in [-0.15, -0.1) is 0 Å². The molecule has 0 spiro atoms. The van der Waals surface area contributed by atoms with E-state index in [1.807, 2.05) is 24.3 Å². The largest absolute Gasteiger partial charge is 0.493 e. The van der Waals surface area contributed by atoms with E-state index in [0.717, 1.165) is 31.0 Å². The quantitative estimate of drug-likeness (QED) is 0.754. The predicted octanol–water partition coefficient (Wildman–Crippen LogP) is 3.43. The van der Waals surface area contributed by atoms with Gasteiger partial charge in [0.05, 0.1) is 7.11 Å². The highest BCUT2D eigenvalue weighted by Gasteiger charge is 2.06. The number of methoxy groups -OCH3 is 1. The summed E-state index contributed by atoms with van der Waals surface area (Å²) in [6.07, 6.45) is 1.01. The van der Waals surface area contributed by atoms with E-state index in [1.165, 1.54) is 11.1 Å². The van der Waals surface area contributed by atoms with Gasteiger partial charge in [-0.05, 0) is 42.8 Å². The zero-order valence-corrected chi connectivity index (χ0v) is 12.8. The Morgan fingerprint density at radius 2 is 1.57 bits per heavy atom. The third kappa shape index (κ3) is 4.50. The fourth-order valence-electron chi connectivity index (χ4n) is 2.24. The molecule has 0 aliphatic heterocycles. The highest BCUT2D eigenvalue weighted by Crippen LogP contribution is 2.27. The van der Waals surface area contributed by atoms with Gasteiger partial charge in [0.15, 0.2) is 11.5 Å². The lowest BCUT2D eigenvalue weighted by Gasteiger charge is -2.13. The number of nitrogens with one attached hydrogen (secondary N) is 1. The third-order valence-corrected chi connectivity index (χ3v) is 3.39. The summed E-state index contributed by atoms with van der Waals surface area (Å²) in [7, 11) is 1.66. The second-order valence-corrected chi connectivity index (χ2v) is 4.81. The van der Waals surface area contributed by atoms with Crippen LogP contribution < -0.4 is 14.8 Å². The molecule has 21 heavy (non-hydrogen) atoms. The Labute approximate surface area is 126 Å². The molecule has 0 aromatic heterocycles. The van der Waals surface area contributed by atoms with Gasteiger partial charge >= 0.3 is 0 Å². The summed E-state index contributed by atoms with van der Waals surface area (Å²) in [4.78, 5) is 0. The normalized spacial score (nSPS) is 10.4. The third-order valence-electron chi connectivity index (χ3n) is 3.39. The van der Waals surface area contributed by atoms with Crippen molar-refractivity contribution in [3.63, 3.8) is 0 Å². The maximum Gasteiger partial charge on any atom is 0.161 e. The molecule has 2 aromatic carbocycles. The average Bonchev–Trinajstić information content (AvgIpc) is 2.54. The second kappa shape index (κ2) is 8.32. The van der Waals surface area contributed by atoms with Gasteiger partial charge in [0.1, 0.15) is 6.61 Å². The number of hydrogen-bond donors (Lipinski definition) is 1.